The Labute approximate surface area is 190 Å². The van der Waals surface area contributed by atoms with E-state index in [-0.39, 0.29) is 5.56 Å². The molecular weight excluding hydrogens is 431 g/mol. The zero-order valence-electron chi connectivity index (χ0n) is 18.8. The van der Waals surface area contributed by atoms with E-state index in [1.807, 2.05) is 20.0 Å². The number of ether oxygens (including phenoxy) is 1. The Balaban J connectivity index is 1.48. The SMILES string of the molecule is Cc1c([C@@H](C)Nc2nnc(C)c3ncc(N4CC5COCC5C4)cc23)cccc1C(F)(F)F. The van der Waals surface area contributed by atoms with Crippen molar-refractivity contribution in [2.45, 2.75) is 33.0 Å². The van der Waals surface area contributed by atoms with Crippen LogP contribution in [0.1, 0.15) is 35.3 Å². The zero-order valence-corrected chi connectivity index (χ0v) is 18.8. The van der Waals surface area contributed by atoms with Gasteiger partial charge in [0.1, 0.15) is 0 Å². The maximum atomic E-state index is 13.4. The molecular formula is C24H26F3N5O. The summed E-state index contributed by atoms with van der Waals surface area (Å²) in [6.45, 7) is 8.64. The Hall–Kier alpha value is -2.94. The van der Waals surface area contributed by atoms with E-state index in [0.29, 0.717) is 28.9 Å². The van der Waals surface area contributed by atoms with Crippen molar-refractivity contribution in [2.24, 2.45) is 11.8 Å². The second-order valence-corrected chi connectivity index (χ2v) is 9.07. The summed E-state index contributed by atoms with van der Waals surface area (Å²) in [6.07, 6.45) is -2.53. The van der Waals surface area contributed by atoms with E-state index in [2.05, 4.69) is 31.5 Å². The molecule has 2 aliphatic rings. The highest BCUT2D eigenvalue weighted by molar-refractivity contribution is 5.92. The molecule has 0 radical (unpaired) electrons. The van der Waals surface area contributed by atoms with Crippen LogP contribution in [0.2, 0.25) is 0 Å². The number of hydrogen-bond acceptors (Lipinski definition) is 6. The van der Waals surface area contributed by atoms with Crippen LogP contribution in [0.25, 0.3) is 10.9 Å². The van der Waals surface area contributed by atoms with Crippen molar-refractivity contribution in [2.75, 3.05) is 36.5 Å². The van der Waals surface area contributed by atoms with Gasteiger partial charge in [0.2, 0.25) is 0 Å². The molecule has 0 saturated carbocycles. The van der Waals surface area contributed by atoms with Gasteiger partial charge >= 0.3 is 6.18 Å². The smallest absolute Gasteiger partial charge is 0.381 e. The molecule has 0 bridgehead atoms. The first kappa shape index (κ1) is 21.9. The minimum atomic E-state index is -4.39. The fraction of sp³-hybridized carbons (Fsp3) is 0.458. The van der Waals surface area contributed by atoms with Crippen LogP contribution in [0.5, 0.6) is 0 Å². The normalized spacial score (nSPS) is 21.5. The highest BCUT2D eigenvalue weighted by Crippen LogP contribution is 2.37. The van der Waals surface area contributed by atoms with Gasteiger partial charge in [-0.2, -0.15) is 18.3 Å². The van der Waals surface area contributed by atoms with Crippen LogP contribution in [0, 0.1) is 25.7 Å². The fourth-order valence-electron chi connectivity index (χ4n) is 5.04. The van der Waals surface area contributed by atoms with Gasteiger partial charge in [0.15, 0.2) is 5.82 Å². The molecule has 0 aliphatic carbocycles. The third-order valence-corrected chi connectivity index (χ3v) is 6.88. The number of hydrogen-bond donors (Lipinski definition) is 1. The molecule has 0 spiro atoms. The van der Waals surface area contributed by atoms with Crippen molar-refractivity contribution >= 4 is 22.4 Å². The number of pyridine rings is 1. The molecule has 2 aliphatic heterocycles. The average molecular weight is 458 g/mol. The summed E-state index contributed by atoms with van der Waals surface area (Å²) in [5, 5.41) is 12.7. The molecule has 4 heterocycles. The summed E-state index contributed by atoms with van der Waals surface area (Å²) >= 11 is 0. The second kappa shape index (κ2) is 8.13. The van der Waals surface area contributed by atoms with E-state index < -0.39 is 17.8 Å². The van der Waals surface area contributed by atoms with Crippen molar-refractivity contribution in [1.82, 2.24) is 15.2 Å². The number of benzene rings is 1. The third-order valence-electron chi connectivity index (χ3n) is 6.88. The van der Waals surface area contributed by atoms with Gasteiger partial charge < -0.3 is 15.0 Å². The molecule has 6 nitrogen and oxygen atoms in total. The van der Waals surface area contributed by atoms with E-state index in [0.717, 1.165) is 49.0 Å². The number of fused-ring (bicyclic) bond motifs is 2. The summed E-state index contributed by atoms with van der Waals surface area (Å²) in [7, 11) is 0. The average Bonchev–Trinajstić information content (AvgIpc) is 3.37. The fourth-order valence-corrected chi connectivity index (χ4v) is 5.04. The molecule has 2 saturated heterocycles. The highest BCUT2D eigenvalue weighted by Gasteiger charge is 2.37. The van der Waals surface area contributed by atoms with Crippen molar-refractivity contribution in [3.63, 3.8) is 0 Å². The number of aryl methyl sites for hydroxylation is 1. The van der Waals surface area contributed by atoms with Crippen LogP contribution in [0.15, 0.2) is 30.5 Å². The van der Waals surface area contributed by atoms with Gasteiger partial charge in [-0.05, 0) is 44.0 Å². The molecule has 2 aromatic heterocycles. The molecule has 2 fully saturated rings. The minimum Gasteiger partial charge on any atom is -0.381 e. The van der Waals surface area contributed by atoms with Crippen LogP contribution >= 0.6 is 0 Å². The Kier molecular flexibility index (Phi) is 5.39. The van der Waals surface area contributed by atoms with E-state index in [1.54, 1.807) is 6.07 Å². The van der Waals surface area contributed by atoms with Crippen LogP contribution in [-0.4, -0.2) is 41.5 Å². The topological polar surface area (TPSA) is 63.2 Å². The van der Waals surface area contributed by atoms with Gasteiger partial charge in [0.05, 0.1) is 47.9 Å². The lowest BCUT2D eigenvalue weighted by atomic mass is 9.97. The molecule has 3 atom stereocenters. The number of nitrogens with zero attached hydrogens (tertiary/aromatic N) is 4. The molecule has 5 rings (SSSR count). The van der Waals surface area contributed by atoms with Gasteiger partial charge in [-0.25, -0.2) is 0 Å². The quantitative estimate of drug-likeness (QED) is 0.600. The molecule has 174 valence electrons. The minimum absolute atomic E-state index is 0.207. The summed E-state index contributed by atoms with van der Waals surface area (Å²) in [6, 6.07) is 5.91. The number of halogens is 3. The first-order valence-electron chi connectivity index (χ1n) is 11.1. The third kappa shape index (κ3) is 3.99. The van der Waals surface area contributed by atoms with Gasteiger partial charge in [0, 0.05) is 30.3 Å². The van der Waals surface area contributed by atoms with Crippen molar-refractivity contribution in [3.05, 3.63) is 52.8 Å². The Bertz CT molecular complexity index is 1190. The zero-order chi connectivity index (χ0) is 23.3. The van der Waals surface area contributed by atoms with Crippen molar-refractivity contribution < 1.29 is 17.9 Å². The van der Waals surface area contributed by atoms with Crippen LogP contribution in [-0.2, 0) is 10.9 Å². The molecule has 1 N–H and O–H groups in total. The van der Waals surface area contributed by atoms with Gasteiger partial charge in [-0.15, -0.1) is 5.10 Å². The first-order chi connectivity index (χ1) is 15.7. The molecule has 0 amide bonds. The number of aromatic nitrogens is 3. The predicted octanol–water partition coefficient (Wildman–Crippen LogP) is 4.92. The maximum Gasteiger partial charge on any atom is 0.416 e. The number of anilines is 2. The molecule has 9 heteroatoms. The standard InChI is InChI=1S/C24H26F3N5O/c1-13-19(5-4-6-21(13)24(25,26)27)14(2)29-23-20-7-18(8-28-22(20)15(3)30-31-23)32-9-16-11-33-12-17(16)10-32/h4-8,14,16-17H,9-12H2,1-3H3,(H,29,31)/t14-,16?,17?/m1/s1. The molecule has 2 unspecified atom stereocenters. The van der Waals surface area contributed by atoms with Gasteiger partial charge in [-0.3, -0.25) is 4.98 Å². The summed E-state index contributed by atoms with van der Waals surface area (Å²) < 4.78 is 45.7. The van der Waals surface area contributed by atoms with Crippen molar-refractivity contribution in [3.8, 4) is 0 Å². The summed E-state index contributed by atoms with van der Waals surface area (Å²) in [5.74, 6) is 1.59. The van der Waals surface area contributed by atoms with E-state index in [4.69, 9.17) is 4.74 Å². The molecule has 33 heavy (non-hydrogen) atoms. The number of nitrogens with one attached hydrogen (secondary N) is 1. The lowest BCUT2D eigenvalue weighted by Crippen LogP contribution is -2.22. The maximum absolute atomic E-state index is 13.4. The Morgan fingerprint density at radius 3 is 2.55 bits per heavy atom. The van der Waals surface area contributed by atoms with Crippen molar-refractivity contribution in [1.29, 1.82) is 0 Å². The van der Waals surface area contributed by atoms with Crippen LogP contribution in [0.4, 0.5) is 24.7 Å². The van der Waals surface area contributed by atoms with Gasteiger partial charge in [-0.1, -0.05) is 12.1 Å². The molecule has 1 aromatic carbocycles. The lowest BCUT2D eigenvalue weighted by molar-refractivity contribution is -0.138. The number of alkyl halides is 3. The summed E-state index contributed by atoms with van der Waals surface area (Å²) in [5.41, 5.74) is 2.59. The lowest BCUT2D eigenvalue weighted by Gasteiger charge is -2.22. The molecule has 3 aromatic rings. The van der Waals surface area contributed by atoms with E-state index >= 15 is 0 Å². The van der Waals surface area contributed by atoms with Crippen LogP contribution in [0.3, 0.4) is 0 Å². The Morgan fingerprint density at radius 2 is 1.85 bits per heavy atom. The summed E-state index contributed by atoms with van der Waals surface area (Å²) in [4.78, 5) is 6.98. The first-order valence-corrected chi connectivity index (χ1v) is 11.1. The van der Waals surface area contributed by atoms with Crippen LogP contribution < -0.4 is 10.2 Å². The van der Waals surface area contributed by atoms with Gasteiger partial charge in [0.25, 0.3) is 0 Å². The Morgan fingerprint density at radius 1 is 1.12 bits per heavy atom. The second-order valence-electron chi connectivity index (χ2n) is 9.07. The van der Waals surface area contributed by atoms with E-state index in [1.165, 1.54) is 13.0 Å². The monoisotopic (exact) mass is 457 g/mol. The number of rotatable bonds is 4. The largest absolute Gasteiger partial charge is 0.416 e. The van der Waals surface area contributed by atoms with E-state index in [9.17, 15) is 13.2 Å². The predicted molar refractivity (Wildman–Crippen MR) is 120 cm³/mol. The highest BCUT2D eigenvalue weighted by atomic mass is 19.4.